The minimum absolute atomic E-state index is 0.347. The molecular formula is C19H19FN4O3. The van der Waals surface area contributed by atoms with E-state index < -0.39 is 0 Å². The summed E-state index contributed by atoms with van der Waals surface area (Å²) in [6.45, 7) is 6.06. The van der Waals surface area contributed by atoms with Crippen molar-refractivity contribution in [2.75, 3.05) is 36.5 Å². The van der Waals surface area contributed by atoms with E-state index in [1.54, 1.807) is 13.8 Å². The average molecular weight is 370 g/mol. The molecule has 8 heteroatoms. The quantitative estimate of drug-likeness (QED) is 0.763. The van der Waals surface area contributed by atoms with Gasteiger partial charge in [-0.3, -0.25) is 4.79 Å². The van der Waals surface area contributed by atoms with Crippen molar-refractivity contribution < 1.29 is 18.3 Å². The Labute approximate surface area is 155 Å². The van der Waals surface area contributed by atoms with Gasteiger partial charge in [-0.1, -0.05) is 0 Å². The zero-order valence-corrected chi connectivity index (χ0v) is 15.1. The average Bonchev–Trinajstić information content (AvgIpc) is 2.99. The first kappa shape index (κ1) is 17.4. The highest BCUT2D eigenvalue weighted by Crippen LogP contribution is 2.32. The Balaban J connectivity index is 1.78. The maximum atomic E-state index is 13.1. The lowest BCUT2D eigenvalue weighted by Crippen LogP contribution is -2.37. The first-order valence-electron chi connectivity index (χ1n) is 8.70. The largest absolute Gasteiger partial charge is 0.442 e. The molecule has 0 spiro atoms. The van der Waals surface area contributed by atoms with E-state index >= 15 is 0 Å². The molecule has 1 aromatic carbocycles. The zero-order valence-electron chi connectivity index (χ0n) is 15.1. The van der Waals surface area contributed by atoms with Gasteiger partial charge in [-0.05, 0) is 38.1 Å². The maximum Gasteiger partial charge on any atom is 0.260 e. The van der Waals surface area contributed by atoms with E-state index in [0.29, 0.717) is 66.1 Å². The number of hydrogen-bond acceptors (Lipinski definition) is 6. The van der Waals surface area contributed by atoms with Crippen molar-refractivity contribution in [2.24, 2.45) is 0 Å². The number of furan rings is 1. The highest BCUT2D eigenvalue weighted by molar-refractivity contribution is 6.15. The van der Waals surface area contributed by atoms with E-state index in [2.05, 4.69) is 20.2 Å². The number of ether oxygens (including phenoxy) is 1. The summed E-state index contributed by atoms with van der Waals surface area (Å²) in [5.41, 5.74) is 1.26. The summed E-state index contributed by atoms with van der Waals surface area (Å²) in [5, 5.41) is 3.37. The smallest absolute Gasteiger partial charge is 0.260 e. The van der Waals surface area contributed by atoms with Crippen LogP contribution in [-0.4, -0.2) is 42.2 Å². The monoisotopic (exact) mass is 370 g/mol. The Morgan fingerprint density at radius 2 is 1.85 bits per heavy atom. The zero-order chi connectivity index (χ0) is 19.0. The molecule has 0 aliphatic carbocycles. The fraction of sp³-hybridized carbons (Fsp3) is 0.316. The van der Waals surface area contributed by atoms with E-state index in [-0.39, 0.29) is 11.7 Å². The number of rotatable bonds is 3. The highest BCUT2D eigenvalue weighted by atomic mass is 19.1. The van der Waals surface area contributed by atoms with Gasteiger partial charge in [0.2, 0.25) is 5.71 Å². The number of anilines is 2. The van der Waals surface area contributed by atoms with Crippen LogP contribution in [-0.2, 0) is 4.74 Å². The SMILES string of the molecule is Cc1nc(N2CCOCC2)c2c(C(=O)Nc3ccc(F)cc3)c(C)oc2n1. The molecule has 0 saturated carbocycles. The Kier molecular flexibility index (Phi) is 4.49. The molecule has 3 heterocycles. The van der Waals surface area contributed by atoms with E-state index in [1.165, 1.54) is 24.3 Å². The van der Waals surface area contributed by atoms with Crippen molar-refractivity contribution in [3.8, 4) is 0 Å². The number of hydrogen-bond donors (Lipinski definition) is 1. The molecule has 0 atom stereocenters. The van der Waals surface area contributed by atoms with Crippen LogP contribution in [0.1, 0.15) is 21.9 Å². The third-order valence-corrected chi connectivity index (χ3v) is 4.46. The molecule has 4 rings (SSSR count). The van der Waals surface area contributed by atoms with Crippen LogP contribution < -0.4 is 10.2 Å². The third kappa shape index (κ3) is 3.35. The Hall–Kier alpha value is -3.00. The van der Waals surface area contributed by atoms with Crippen molar-refractivity contribution in [1.29, 1.82) is 0 Å². The molecule has 3 aromatic rings. The molecule has 1 fully saturated rings. The summed E-state index contributed by atoms with van der Waals surface area (Å²) in [6.07, 6.45) is 0. The molecule has 0 bridgehead atoms. The minimum Gasteiger partial charge on any atom is -0.442 e. The van der Waals surface area contributed by atoms with E-state index in [4.69, 9.17) is 9.15 Å². The summed E-state index contributed by atoms with van der Waals surface area (Å²) < 4.78 is 24.3. The van der Waals surface area contributed by atoms with Crippen molar-refractivity contribution in [3.05, 3.63) is 47.2 Å². The Morgan fingerprint density at radius 1 is 1.15 bits per heavy atom. The normalized spacial score (nSPS) is 14.6. The van der Waals surface area contributed by atoms with Crippen LogP contribution in [0.4, 0.5) is 15.9 Å². The van der Waals surface area contributed by atoms with Crippen molar-refractivity contribution in [3.63, 3.8) is 0 Å². The molecule has 0 radical (unpaired) electrons. The van der Waals surface area contributed by atoms with Gasteiger partial charge in [0.15, 0.2) is 0 Å². The van der Waals surface area contributed by atoms with E-state index in [9.17, 15) is 9.18 Å². The summed E-state index contributed by atoms with van der Waals surface area (Å²) >= 11 is 0. The number of amides is 1. The molecule has 0 unspecified atom stereocenters. The van der Waals surface area contributed by atoms with Crippen LogP contribution in [0.15, 0.2) is 28.7 Å². The lowest BCUT2D eigenvalue weighted by molar-refractivity contribution is 0.102. The lowest BCUT2D eigenvalue weighted by atomic mass is 10.1. The number of aromatic nitrogens is 2. The first-order chi connectivity index (χ1) is 13.0. The van der Waals surface area contributed by atoms with Crippen molar-refractivity contribution in [2.45, 2.75) is 13.8 Å². The Bertz CT molecular complexity index is 994. The molecular weight excluding hydrogens is 351 g/mol. The molecule has 7 nitrogen and oxygen atoms in total. The molecule has 1 amide bonds. The van der Waals surface area contributed by atoms with Crippen LogP contribution in [0.2, 0.25) is 0 Å². The maximum absolute atomic E-state index is 13.1. The van der Waals surface area contributed by atoms with Gasteiger partial charge < -0.3 is 19.4 Å². The van der Waals surface area contributed by atoms with Crippen LogP contribution >= 0.6 is 0 Å². The number of aryl methyl sites for hydroxylation is 2. The first-order valence-corrected chi connectivity index (χ1v) is 8.70. The third-order valence-electron chi connectivity index (χ3n) is 4.46. The standard InChI is InChI=1S/C19H19FN4O3/c1-11-15(18(25)23-14-5-3-13(20)4-6-14)16-17(24-7-9-26-10-8-24)21-12(2)22-19(16)27-11/h3-6H,7-10H2,1-2H3,(H,23,25). The van der Waals surface area contributed by atoms with Crippen molar-refractivity contribution in [1.82, 2.24) is 9.97 Å². The number of nitrogens with one attached hydrogen (secondary N) is 1. The van der Waals surface area contributed by atoms with Gasteiger partial charge in [-0.25, -0.2) is 9.37 Å². The fourth-order valence-corrected chi connectivity index (χ4v) is 3.20. The van der Waals surface area contributed by atoms with Crippen molar-refractivity contribution >= 4 is 28.5 Å². The second-order valence-corrected chi connectivity index (χ2v) is 6.37. The molecule has 1 N–H and O–H groups in total. The molecule has 1 aliphatic rings. The van der Waals surface area contributed by atoms with Crippen LogP contribution in [0, 0.1) is 19.7 Å². The summed E-state index contributed by atoms with van der Waals surface area (Å²) in [5.74, 6) is 0.986. The topological polar surface area (TPSA) is 80.5 Å². The fourth-order valence-electron chi connectivity index (χ4n) is 3.20. The molecule has 140 valence electrons. The number of carbonyl (C=O) groups excluding carboxylic acids is 1. The minimum atomic E-state index is -0.364. The van der Waals surface area contributed by atoms with E-state index in [0.717, 1.165) is 0 Å². The van der Waals surface area contributed by atoms with Gasteiger partial charge in [-0.2, -0.15) is 4.98 Å². The Morgan fingerprint density at radius 3 is 2.56 bits per heavy atom. The number of fused-ring (bicyclic) bond motifs is 1. The summed E-state index contributed by atoms with van der Waals surface area (Å²) in [4.78, 5) is 23.9. The molecule has 1 saturated heterocycles. The number of benzene rings is 1. The van der Waals surface area contributed by atoms with Gasteiger partial charge in [-0.15, -0.1) is 0 Å². The number of morpholine rings is 1. The second-order valence-electron chi connectivity index (χ2n) is 6.37. The van der Waals surface area contributed by atoms with Gasteiger partial charge >= 0.3 is 0 Å². The highest BCUT2D eigenvalue weighted by Gasteiger charge is 2.26. The van der Waals surface area contributed by atoms with E-state index in [1.807, 2.05) is 0 Å². The van der Waals surface area contributed by atoms with Gasteiger partial charge in [0, 0.05) is 18.8 Å². The van der Waals surface area contributed by atoms with Gasteiger partial charge in [0.25, 0.3) is 5.91 Å². The van der Waals surface area contributed by atoms with Gasteiger partial charge in [0.1, 0.15) is 23.2 Å². The second kappa shape index (κ2) is 6.96. The number of halogens is 1. The predicted molar refractivity (Wildman–Crippen MR) is 98.7 cm³/mol. The molecule has 27 heavy (non-hydrogen) atoms. The molecule has 2 aromatic heterocycles. The summed E-state index contributed by atoms with van der Waals surface area (Å²) in [6, 6.07) is 5.60. The molecule has 1 aliphatic heterocycles. The van der Waals surface area contributed by atoms with Gasteiger partial charge in [0.05, 0.1) is 24.2 Å². The lowest BCUT2D eigenvalue weighted by Gasteiger charge is -2.28. The van der Waals surface area contributed by atoms with Crippen LogP contribution in [0.25, 0.3) is 11.1 Å². The number of carbonyl (C=O) groups is 1. The van der Waals surface area contributed by atoms with Crippen LogP contribution in [0.5, 0.6) is 0 Å². The van der Waals surface area contributed by atoms with Crippen LogP contribution in [0.3, 0.4) is 0 Å². The summed E-state index contributed by atoms with van der Waals surface area (Å²) in [7, 11) is 0. The number of nitrogens with zero attached hydrogens (tertiary/aromatic N) is 3. The predicted octanol–water partition coefficient (Wildman–Crippen LogP) is 3.07.